The van der Waals surface area contributed by atoms with E-state index in [1.807, 2.05) is 6.92 Å². The molecule has 0 aromatic carbocycles. The number of rotatable bonds is 6. The highest BCUT2D eigenvalue weighted by Crippen LogP contribution is 2.28. The van der Waals surface area contributed by atoms with Gasteiger partial charge in [-0.3, -0.25) is 9.63 Å². The van der Waals surface area contributed by atoms with Crippen LogP contribution < -0.4 is 10.6 Å². The van der Waals surface area contributed by atoms with Crippen LogP contribution in [0.2, 0.25) is 0 Å². The average Bonchev–Trinajstić information content (AvgIpc) is 2.58. The number of nitrogens with zero attached hydrogens (tertiary/aromatic N) is 5. The van der Waals surface area contributed by atoms with E-state index >= 15 is 0 Å². The van der Waals surface area contributed by atoms with Crippen LogP contribution in [-0.2, 0) is 15.8 Å². The third kappa shape index (κ3) is 5.78. The van der Waals surface area contributed by atoms with E-state index in [1.54, 1.807) is 16.8 Å². The summed E-state index contributed by atoms with van der Waals surface area (Å²) in [6.07, 6.45) is -2.93. The summed E-state index contributed by atoms with van der Waals surface area (Å²) >= 11 is 0. The lowest BCUT2D eigenvalue weighted by molar-refractivity contribution is -0.168. The van der Waals surface area contributed by atoms with Crippen LogP contribution in [0.25, 0.3) is 0 Å². The molecule has 146 valence electrons. The molecule has 1 amide bonds. The predicted molar refractivity (Wildman–Crippen MR) is 88.1 cm³/mol. The van der Waals surface area contributed by atoms with Crippen LogP contribution in [0.4, 0.5) is 19.1 Å². The van der Waals surface area contributed by atoms with E-state index in [1.165, 1.54) is 5.06 Å². The van der Waals surface area contributed by atoms with Crippen molar-refractivity contribution in [3.63, 3.8) is 0 Å². The molecule has 1 aliphatic rings. The highest BCUT2D eigenvalue weighted by atomic mass is 19.4. The molecule has 2 heterocycles. The first-order valence-electron chi connectivity index (χ1n) is 8.18. The minimum absolute atomic E-state index is 0.0672. The molecule has 26 heavy (non-hydrogen) atoms. The largest absolute Gasteiger partial charge is 0.419 e. The molecule has 1 unspecified atom stereocenters. The van der Waals surface area contributed by atoms with E-state index in [0.29, 0.717) is 32.7 Å². The second-order valence-electron chi connectivity index (χ2n) is 6.20. The Labute approximate surface area is 149 Å². The molecule has 0 spiro atoms. The first-order valence-corrected chi connectivity index (χ1v) is 8.18. The average molecular weight is 376 g/mol. The summed E-state index contributed by atoms with van der Waals surface area (Å²) in [4.78, 5) is 28.4. The Kier molecular flexibility index (Phi) is 6.73. The van der Waals surface area contributed by atoms with Crippen molar-refractivity contribution in [3.8, 4) is 0 Å². The molecule has 1 fully saturated rings. The minimum Gasteiger partial charge on any atom is -0.337 e. The van der Waals surface area contributed by atoms with Crippen molar-refractivity contribution in [3.05, 3.63) is 18.0 Å². The van der Waals surface area contributed by atoms with Crippen molar-refractivity contribution in [2.45, 2.75) is 19.1 Å². The van der Waals surface area contributed by atoms with Gasteiger partial charge in [0, 0.05) is 58.2 Å². The highest BCUT2D eigenvalue weighted by molar-refractivity contribution is 5.77. The SMILES string of the molecule is CC(N)CN(C)OCC(=O)N1CCN(c2ncc(C(F)(F)F)cn2)CC1. The molecule has 1 saturated heterocycles. The first kappa shape index (κ1) is 20.3. The van der Waals surface area contributed by atoms with Gasteiger partial charge >= 0.3 is 6.18 Å². The highest BCUT2D eigenvalue weighted by Gasteiger charge is 2.32. The lowest BCUT2D eigenvalue weighted by atomic mass is 10.3. The fraction of sp³-hybridized carbons (Fsp3) is 0.667. The molecule has 2 rings (SSSR count). The number of halogens is 3. The smallest absolute Gasteiger partial charge is 0.337 e. The van der Waals surface area contributed by atoms with Gasteiger partial charge in [-0.1, -0.05) is 0 Å². The van der Waals surface area contributed by atoms with Crippen molar-refractivity contribution in [1.82, 2.24) is 19.9 Å². The summed E-state index contributed by atoms with van der Waals surface area (Å²) in [6, 6.07) is -0.0672. The molecule has 1 aromatic rings. The number of anilines is 1. The first-order chi connectivity index (χ1) is 12.2. The van der Waals surface area contributed by atoms with E-state index in [-0.39, 0.29) is 24.5 Å². The van der Waals surface area contributed by atoms with Gasteiger partial charge < -0.3 is 15.5 Å². The minimum atomic E-state index is -4.46. The molecule has 1 aromatic heterocycles. The maximum atomic E-state index is 12.5. The summed E-state index contributed by atoms with van der Waals surface area (Å²) in [5.74, 6) is 0.0625. The molecular weight excluding hydrogens is 353 g/mol. The number of aromatic nitrogens is 2. The molecule has 0 saturated carbocycles. The monoisotopic (exact) mass is 376 g/mol. The number of amides is 1. The van der Waals surface area contributed by atoms with Gasteiger partial charge in [-0.05, 0) is 6.92 Å². The summed E-state index contributed by atoms with van der Waals surface area (Å²) in [7, 11) is 1.70. The Morgan fingerprint density at radius 3 is 2.38 bits per heavy atom. The maximum Gasteiger partial charge on any atom is 0.419 e. The van der Waals surface area contributed by atoms with Gasteiger partial charge in [0.25, 0.3) is 5.91 Å². The topological polar surface area (TPSA) is 87.8 Å². The zero-order valence-electron chi connectivity index (χ0n) is 14.7. The summed E-state index contributed by atoms with van der Waals surface area (Å²) in [5.41, 5.74) is 4.76. The van der Waals surface area contributed by atoms with Crippen LogP contribution >= 0.6 is 0 Å². The van der Waals surface area contributed by atoms with Gasteiger partial charge in [0.2, 0.25) is 5.95 Å². The third-order valence-corrected chi connectivity index (χ3v) is 3.83. The van der Waals surface area contributed by atoms with Crippen LogP contribution in [0.15, 0.2) is 12.4 Å². The van der Waals surface area contributed by atoms with Crippen LogP contribution in [0.1, 0.15) is 12.5 Å². The van der Waals surface area contributed by atoms with E-state index < -0.39 is 11.7 Å². The zero-order valence-corrected chi connectivity index (χ0v) is 14.7. The third-order valence-electron chi connectivity index (χ3n) is 3.83. The van der Waals surface area contributed by atoms with Crippen LogP contribution in [0.5, 0.6) is 0 Å². The predicted octanol–water partition coefficient (Wildman–Crippen LogP) is 0.355. The maximum absolute atomic E-state index is 12.5. The van der Waals surface area contributed by atoms with Gasteiger partial charge in [-0.2, -0.15) is 18.2 Å². The normalized spacial score (nSPS) is 16.9. The fourth-order valence-electron chi connectivity index (χ4n) is 2.50. The quantitative estimate of drug-likeness (QED) is 0.717. The van der Waals surface area contributed by atoms with E-state index in [0.717, 1.165) is 12.4 Å². The van der Waals surface area contributed by atoms with Crippen molar-refractivity contribution in [2.75, 3.05) is 51.3 Å². The molecule has 0 aliphatic carbocycles. The standard InChI is InChI=1S/C15H23F3N6O2/c1-11(19)9-22(2)26-10-13(25)23-3-5-24(6-4-23)14-20-7-12(8-21-14)15(16,17)18/h7-8,11H,3-6,9-10,19H2,1-2H3. The van der Waals surface area contributed by atoms with Crippen LogP contribution in [0, 0.1) is 0 Å². The molecule has 0 bridgehead atoms. The van der Waals surface area contributed by atoms with E-state index in [9.17, 15) is 18.0 Å². The van der Waals surface area contributed by atoms with Crippen molar-refractivity contribution >= 4 is 11.9 Å². The van der Waals surface area contributed by atoms with Gasteiger partial charge in [-0.25, -0.2) is 9.97 Å². The van der Waals surface area contributed by atoms with Gasteiger partial charge in [0.05, 0.1) is 5.56 Å². The van der Waals surface area contributed by atoms with Crippen molar-refractivity contribution < 1.29 is 22.8 Å². The number of hydrogen-bond donors (Lipinski definition) is 1. The second-order valence-corrected chi connectivity index (χ2v) is 6.20. The number of carbonyl (C=O) groups excluding carboxylic acids is 1. The molecule has 2 N–H and O–H groups in total. The van der Waals surface area contributed by atoms with E-state index in [2.05, 4.69) is 9.97 Å². The second kappa shape index (κ2) is 8.60. The van der Waals surface area contributed by atoms with Crippen molar-refractivity contribution in [1.29, 1.82) is 0 Å². The number of carbonyl (C=O) groups is 1. The molecule has 1 atom stereocenters. The van der Waals surface area contributed by atoms with Gasteiger partial charge in [-0.15, -0.1) is 0 Å². The fourth-order valence-corrected chi connectivity index (χ4v) is 2.50. The number of alkyl halides is 3. The number of likely N-dealkylation sites (N-methyl/N-ethyl adjacent to an activating group) is 1. The molecule has 8 nitrogen and oxygen atoms in total. The number of nitrogens with two attached hydrogens (primary N) is 1. The van der Waals surface area contributed by atoms with E-state index in [4.69, 9.17) is 10.6 Å². The zero-order chi connectivity index (χ0) is 19.3. The number of hydroxylamine groups is 2. The lowest BCUT2D eigenvalue weighted by Crippen LogP contribution is -2.50. The van der Waals surface area contributed by atoms with Crippen LogP contribution in [-0.4, -0.2) is 78.3 Å². The molecular formula is C15H23F3N6O2. The summed E-state index contributed by atoms with van der Waals surface area (Å²) in [5, 5.41) is 1.52. The number of hydrogen-bond acceptors (Lipinski definition) is 7. The summed E-state index contributed by atoms with van der Waals surface area (Å²) < 4.78 is 37.6. The van der Waals surface area contributed by atoms with Crippen LogP contribution in [0.3, 0.4) is 0 Å². The van der Waals surface area contributed by atoms with Crippen molar-refractivity contribution in [2.24, 2.45) is 5.73 Å². The molecule has 1 aliphatic heterocycles. The Bertz CT molecular complexity index is 588. The molecule has 11 heteroatoms. The Balaban J connectivity index is 1.80. The lowest BCUT2D eigenvalue weighted by Gasteiger charge is -2.35. The van der Waals surface area contributed by atoms with Gasteiger partial charge in [0.15, 0.2) is 0 Å². The summed E-state index contributed by atoms with van der Waals surface area (Å²) in [6.45, 7) is 3.98. The Morgan fingerprint density at radius 1 is 1.31 bits per heavy atom. The van der Waals surface area contributed by atoms with Gasteiger partial charge in [0.1, 0.15) is 6.61 Å². The Morgan fingerprint density at radius 2 is 1.88 bits per heavy atom. The molecule has 0 radical (unpaired) electrons. The Hall–Kier alpha value is -1.98. The number of piperazine rings is 1.